The molecule has 0 aromatic carbocycles. The maximum Gasteiger partial charge on any atom is 0.470 e. The van der Waals surface area contributed by atoms with Crippen molar-refractivity contribution in [3.05, 3.63) is 36.8 Å². The van der Waals surface area contributed by atoms with Crippen LogP contribution in [-0.4, -0.2) is 68.0 Å². The molecule has 41 heavy (non-hydrogen) atoms. The molecule has 15 heteroatoms. The van der Waals surface area contributed by atoms with Gasteiger partial charge in [-0.3, -0.25) is 0 Å². The molecule has 7 nitrogen and oxygen atoms in total. The van der Waals surface area contributed by atoms with Crippen LogP contribution < -0.4 is 0 Å². The van der Waals surface area contributed by atoms with Crippen LogP contribution >= 0.6 is 0 Å². The van der Waals surface area contributed by atoms with Crippen molar-refractivity contribution in [1.29, 1.82) is 0 Å². The van der Waals surface area contributed by atoms with Crippen molar-refractivity contribution >= 4 is 68.0 Å². The molecule has 0 bridgehead atoms. The fourth-order valence-corrected chi connectivity index (χ4v) is 40.3. The maximum absolute atomic E-state index is 7.16. The molecule has 0 spiro atoms. The first-order valence-corrected chi connectivity index (χ1v) is 37.2. The van der Waals surface area contributed by atoms with Gasteiger partial charge in [-0.15, -0.1) is 19.7 Å². The summed E-state index contributed by atoms with van der Waals surface area (Å²) in [4.78, 5) is 0. The van der Waals surface area contributed by atoms with Crippen molar-refractivity contribution in [3.8, 4) is 0 Å². The summed E-state index contributed by atoms with van der Waals surface area (Å²) in [7, 11) is -20.6. The van der Waals surface area contributed by atoms with Gasteiger partial charge < -0.3 is 28.8 Å². The Hall–Kier alpha value is 0.675. The number of hydrogen-bond acceptors (Lipinski definition) is 7. The van der Waals surface area contributed by atoms with Crippen LogP contribution in [-0.2, 0) is 28.8 Å². The Morgan fingerprint density at radius 3 is 1.37 bits per heavy atom. The molecule has 0 saturated carbocycles. The second-order valence-electron chi connectivity index (χ2n) is 14.3. The van der Waals surface area contributed by atoms with Crippen molar-refractivity contribution in [2.45, 2.75) is 130 Å². The van der Waals surface area contributed by atoms with Crippen molar-refractivity contribution in [1.82, 2.24) is 0 Å². The van der Waals surface area contributed by atoms with Crippen LogP contribution in [0, 0.1) is 0 Å². The summed E-state index contributed by atoms with van der Waals surface area (Å²) in [5.41, 5.74) is 5.70. The van der Waals surface area contributed by atoms with Crippen molar-refractivity contribution < 1.29 is 28.8 Å². The molecule has 0 aliphatic rings. The van der Waals surface area contributed by atoms with E-state index in [2.05, 4.69) is 92.1 Å². The van der Waals surface area contributed by atoms with Gasteiger partial charge in [-0.2, -0.15) is 0 Å². The molecule has 242 valence electrons. The number of rotatable bonds is 22. The summed E-state index contributed by atoms with van der Waals surface area (Å²) in [6.45, 7) is 43.9. The highest BCUT2D eigenvalue weighted by Crippen LogP contribution is 2.33. The smallest absolute Gasteiger partial charge is 0.437 e. The van der Waals surface area contributed by atoms with Crippen LogP contribution in [0.2, 0.25) is 97.7 Å². The van der Waals surface area contributed by atoms with Crippen LogP contribution in [0.3, 0.4) is 0 Å². The summed E-state index contributed by atoms with van der Waals surface area (Å²) in [6, 6.07) is 0.895. The average Bonchev–Trinajstić information content (AvgIpc) is 2.72. The fourth-order valence-electron chi connectivity index (χ4n) is 4.86. The number of hydrogen-bond donors (Lipinski definition) is 0. The summed E-state index contributed by atoms with van der Waals surface area (Å²) in [6.07, 6.45) is 4.61. The molecule has 3 atom stereocenters. The van der Waals surface area contributed by atoms with Crippen LogP contribution in [0.1, 0.15) is 32.6 Å². The van der Waals surface area contributed by atoms with Crippen molar-refractivity contribution in [2.24, 2.45) is 0 Å². The Morgan fingerprint density at radius 1 is 0.488 bits per heavy atom. The van der Waals surface area contributed by atoms with Crippen LogP contribution in [0.15, 0.2) is 36.8 Å². The lowest BCUT2D eigenvalue weighted by Gasteiger charge is -2.46. The standard InChI is InChI=1S/C26H64O7Si8/c1-19-23-24-25-26-40(17,27-34(5,6)7)33-41(18,31-37(12,13)28-35(8,9)20-2)32-38(14,15)30-39(16,22-4)29-36(10,11)21-3/h20-22H,2-4,19,23-26H2,1,5-18H3. The van der Waals surface area contributed by atoms with E-state index >= 15 is 0 Å². The maximum atomic E-state index is 7.16. The molecule has 0 radical (unpaired) electrons. The zero-order valence-corrected chi connectivity index (χ0v) is 37.2. The molecule has 0 aliphatic carbocycles. The minimum atomic E-state index is -3.37. The van der Waals surface area contributed by atoms with Gasteiger partial charge in [0, 0.05) is 6.55 Å². The zero-order chi connectivity index (χ0) is 32.6. The average molecular weight is 713 g/mol. The quantitative estimate of drug-likeness (QED) is 0.0819. The highest BCUT2D eigenvalue weighted by Gasteiger charge is 2.55. The van der Waals surface area contributed by atoms with E-state index in [-0.39, 0.29) is 0 Å². The third-order valence-electron chi connectivity index (χ3n) is 6.05. The molecule has 0 aromatic rings. The Labute approximate surface area is 262 Å². The van der Waals surface area contributed by atoms with Gasteiger partial charge in [0.2, 0.25) is 0 Å². The summed E-state index contributed by atoms with van der Waals surface area (Å²) in [5.74, 6) is 0. The van der Waals surface area contributed by atoms with E-state index < -0.39 is 68.0 Å². The predicted molar refractivity (Wildman–Crippen MR) is 195 cm³/mol. The third kappa shape index (κ3) is 17.7. The Balaban J connectivity index is 6.57. The Morgan fingerprint density at radius 2 is 0.951 bits per heavy atom. The molecule has 0 N–H and O–H groups in total. The highest BCUT2D eigenvalue weighted by molar-refractivity contribution is 6.95. The molecule has 0 rings (SSSR count). The van der Waals surface area contributed by atoms with Gasteiger partial charge >= 0.3 is 43.0 Å². The molecule has 0 saturated heterocycles. The monoisotopic (exact) mass is 712 g/mol. The highest BCUT2D eigenvalue weighted by atomic mass is 28.5. The second kappa shape index (κ2) is 15.8. The minimum absolute atomic E-state index is 0.895. The lowest BCUT2D eigenvalue weighted by Crippen LogP contribution is -2.65. The first-order valence-electron chi connectivity index (χ1n) is 15.0. The van der Waals surface area contributed by atoms with Crippen molar-refractivity contribution in [2.75, 3.05) is 0 Å². The summed E-state index contributed by atoms with van der Waals surface area (Å²) < 4.78 is 48.1. The van der Waals surface area contributed by atoms with E-state index in [4.69, 9.17) is 28.8 Å². The van der Waals surface area contributed by atoms with E-state index in [0.717, 1.165) is 18.9 Å². The first-order chi connectivity index (χ1) is 18.2. The van der Waals surface area contributed by atoms with E-state index in [1.807, 2.05) is 43.3 Å². The molecular weight excluding hydrogens is 649 g/mol. The predicted octanol–water partition coefficient (Wildman–Crippen LogP) is 9.22. The van der Waals surface area contributed by atoms with E-state index in [0.29, 0.717) is 0 Å². The van der Waals surface area contributed by atoms with Gasteiger partial charge in [0.25, 0.3) is 0 Å². The first kappa shape index (κ1) is 41.7. The van der Waals surface area contributed by atoms with Crippen LogP contribution in [0.5, 0.6) is 0 Å². The lowest BCUT2D eigenvalue weighted by molar-refractivity contribution is 0.193. The van der Waals surface area contributed by atoms with E-state index in [1.165, 1.54) is 12.8 Å². The summed E-state index contributed by atoms with van der Waals surface area (Å²) >= 11 is 0. The topological polar surface area (TPSA) is 64.6 Å². The fraction of sp³-hybridized carbons (Fsp3) is 0.769. The van der Waals surface area contributed by atoms with Gasteiger partial charge in [0.05, 0.1) is 0 Å². The minimum Gasteiger partial charge on any atom is -0.437 e. The molecular formula is C26H64O7Si8. The Kier molecular flexibility index (Phi) is 16.1. The van der Waals surface area contributed by atoms with Gasteiger partial charge in [-0.25, -0.2) is 0 Å². The molecule has 0 aromatic heterocycles. The van der Waals surface area contributed by atoms with E-state index in [9.17, 15) is 0 Å². The zero-order valence-electron chi connectivity index (χ0n) is 29.2. The SMILES string of the molecule is C=C[Si](C)(C)O[Si](C)(C)O[Si](C)(O[Si](C)(C)O[Si](C)(C=C)O[Si](C)(C)C=C)O[Si](C)(CCCCCC)O[Si](C)(C)C. The molecule has 0 amide bonds. The summed E-state index contributed by atoms with van der Waals surface area (Å²) in [5, 5.41) is 0. The lowest BCUT2D eigenvalue weighted by atomic mass is 10.2. The molecule has 3 unspecified atom stereocenters. The van der Waals surface area contributed by atoms with Crippen molar-refractivity contribution in [3.63, 3.8) is 0 Å². The molecule has 0 heterocycles. The van der Waals surface area contributed by atoms with Gasteiger partial charge in [-0.05, 0) is 91.2 Å². The third-order valence-corrected chi connectivity index (χ3v) is 35.7. The van der Waals surface area contributed by atoms with Crippen LogP contribution in [0.25, 0.3) is 0 Å². The molecule has 0 fully saturated rings. The second-order valence-corrected chi connectivity index (χ2v) is 44.0. The van der Waals surface area contributed by atoms with Gasteiger partial charge in [0.15, 0.2) is 25.0 Å². The Bertz CT molecular complexity index is 865. The number of unbranched alkanes of at least 4 members (excludes halogenated alkanes) is 3. The van der Waals surface area contributed by atoms with Gasteiger partial charge in [-0.1, -0.05) is 49.7 Å². The normalized spacial score (nSPS) is 18.2. The van der Waals surface area contributed by atoms with Gasteiger partial charge in [0.1, 0.15) is 0 Å². The molecule has 0 aliphatic heterocycles. The van der Waals surface area contributed by atoms with E-state index in [1.54, 1.807) is 0 Å². The largest absolute Gasteiger partial charge is 0.470 e. The van der Waals surface area contributed by atoms with Crippen LogP contribution in [0.4, 0.5) is 0 Å².